The van der Waals surface area contributed by atoms with Crippen LogP contribution in [0, 0.1) is 17.0 Å². The van der Waals surface area contributed by atoms with Crippen molar-refractivity contribution in [1.29, 1.82) is 0 Å². The number of nitro groups is 1. The summed E-state index contributed by atoms with van der Waals surface area (Å²) < 4.78 is 5.76. The zero-order valence-corrected chi connectivity index (χ0v) is 16.3. The van der Waals surface area contributed by atoms with Crippen molar-refractivity contribution < 1.29 is 14.5 Å². The summed E-state index contributed by atoms with van der Waals surface area (Å²) in [5, 5.41) is 12.6. The number of para-hydroxylation sites is 1. The number of carbonyl (C=O) groups is 1. The van der Waals surface area contributed by atoms with Gasteiger partial charge in [0.1, 0.15) is 11.8 Å². The van der Waals surface area contributed by atoms with Gasteiger partial charge >= 0.3 is 11.6 Å². The van der Waals surface area contributed by atoms with Crippen LogP contribution in [0.3, 0.4) is 0 Å². The highest BCUT2D eigenvalue weighted by Crippen LogP contribution is 2.35. The topological polar surface area (TPSA) is 132 Å². The standard InChI is InChI=1S/C21H16N6O4/c1-13-10-11-14-8-5-9-16(17(14)24-13)31-21-18(27(29)30)19(22-12-23-21)25-26-20(28)15-6-3-2-4-7-15/h2-12H,1H3,(H,26,28)(H,22,23,25). The largest absolute Gasteiger partial charge is 0.431 e. The predicted molar refractivity (Wildman–Crippen MR) is 113 cm³/mol. The van der Waals surface area contributed by atoms with Gasteiger partial charge < -0.3 is 4.74 Å². The van der Waals surface area contributed by atoms with Crippen LogP contribution < -0.4 is 15.6 Å². The van der Waals surface area contributed by atoms with Gasteiger partial charge in [0.15, 0.2) is 5.75 Å². The molecule has 154 valence electrons. The van der Waals surface area contributed by atoms with E-state index in [4.69, 9.17) is 4.74 Å². The van der Waals surface area contributed by atoms with Gasteiger partial charge in [-0.05, 0) is 31.2 Å². The number of fused-ring (bicyclic) bond motifs is 1. The lowest BCUT2D eigenvalue weighted by Crippen LogP contribution is -2.30. The molecule has 0 aliphatic heterocycles. The van der Waals surface area contributed by atoms with Crippen molar-refractivity contribution >= 4 is 28.3 Å². The lowest BCUT2D eigenvalue weighted by atomic mass is 10.2. The monoisotopic (exact) mass is 416 g/mol. The molecule has 1 amide bonds. The van der Waals surface area contributed by atoms with Crippen molar-refractivity contribution in [2.24, 2.45) is 0 Å². The van der Waals surface area contributed by atoms with Crippen molar-refractivity contribution in [2.45, 2.75) is 6.92 Å². The Bertz CT molecular complexity index is 1280. The number of aromatic nitrogens is 3. The Balaban J connectivity index is 1.65. The number of hydrazine groups is 1. The fraction of sp³-hybridized carbons (Fsp3) is 0.0476. The molecule has 0 radical (unpaired) electrons. The minimum Gasteiger partial charge on any atom is -0.431 e. The summed E-state index contributed by atoms with van der Waals surface area (Å²) in [7, 11) is 0. The highest BCUT2D eigenvalue weighted by atomic mass is 16.6. The number of aryl methyl sites for hydroxylation is 1. The maximum Gasteiger partial charge on any atom is 0.374 e. The molecule has 2 aromatic heterocycles. The third kappa shape index (κ3) is 4.22. The fourth-order valence-corrected chi connectivity index (χ4v) is 2.87. The van der Waals surface area contributed by atoms with Gasteiger partial charge in [0.2, 0.25) is 5.82 Å². The molecule has 4 aromatic rings. The smallest absolute Gasteiger partial charge is 0.374 e. The summed E-state index contributed by atoms with van der Waals surface area (Å²) in [6.45, 7) is 1.83. The molecular formula is C21H16N6O4. The number of rotatable bonds is 6. The van der Waals surface area contributed by atoms with E-state index in [1.807, 2.05) is 25.1 Å². The van der Waals surface area contributed by atoms with Crippen LogP contribution in [0.4, 0.5) is 11.5 Å². The van der Waals surface area contributed by atoms with E-state index in [-0.39, 0.29) is 11.7 Å². The summed E-state index contributed by atoms with van der Waals surface area (Å²) in [5.41, 5.74) is 6.03. The average Bonchev–Trinajstić information content (AvgIpc) is 2.78. The summed E-state index contributed by atoms with van der Waals surface area (Å²) in [6.07, 6.45) is 1.10. The summed E-state index contributed by atoms with van der Waals surface area (Å²) in [4.78, 5) is 35.5. The number of carbonyl (C=O) groups excluding carboxylic acids is 1. The van der Waals surface area contributed by atoms with Crippen LogP contribution in [0.2, 0.25) is 0 Å². The van der Waals surface area contributed by atoms with Gasteiger partial charge in [-0.3, -0.25) is 25.8 Å². The summed E-state index contributed by atoms with van der Waals surface area (Å²) in [5.74, 6) is -0.678. The first-order valence-electron chi connectivity index (χ1n) is 9.18. The van der Waals surface area contributed by atoms with Gasteiger partial charge in [-0.2, -0.15) is 4.98 Å². The highest BCUT2D eigenvalue weighted by molar-refractivity contribution is 5.95. The number of anilines is 1. The molecular weight excluding hydrogens is 400 g/mol. The van der Waals surface area contributed by atoms with Crippen LogP contribution in [-0.4, -0.2) is 25.8 Å². The Morgan fingerprint density at radius 2 is 1.84 bits per heavy atom. The van der Waals surface area contributed by atoms with Gasteiger partial charge in [-0.15, -0.1) is 0 Å². The van der Waals surface area contributed by atoms with Crippen molar-refractivity contribution in [3.05, 3.63) is 88.4 Å². The quantitative estimate of drug-likeness (QED) is 0.358. The first kappa shape index (κ1) is 19.7. The molecule has 2 heterocycles. The lowest BCUT2D eigenvalue weighted by molar-refractivity contribution is -0.385. The van der Waals surface area contributed by atoms with Crippen molar-refractivity contribution in [1.82, 2.24) is 20.4 Å². The Kier molecular flexibility index (Phi) is 5.35. The van der Waals surface area contributed by atoms with Crippen LogP contribution in [-0.2, 0) is 0 Å². The lowest BCUT2D eigenvalue weighted by Gasteiger charge is -2.11. The van der Waals surface area contributed by atoms with Gasteiger partial charge in [0, 0.05) is 16.6 Å². The fourth-order valence-electron chi connectivity index (χ4n) is 2.87. The van der Waals surface area contributed by atoms with E-state index >= 15 is 0 Å². The molecule has 4 rings (SSSR count). The third-order valence-corrected chi connectivity index (χ3v) is 4.33. The number of pyridine rings is 1. The molecule has 2 aromatic carbocycles. The minimum absolute atomic E-state index is 0.219. The van der Waals surface area contributed by atoms with Gasteiger partial charge in [0.25, 0.3) is 5.91 Å². The van der Waals surface area contributed by atoms with Crippen molar-refractivity contribution in [3.63, 3.8) is 0 Å². The third-order valence-electron chi connectivity index (χ3n) is 4.33. The number of amides is 1. The van der Waals surface area contributed by atoms with E-state index in [0.717, 1.165) is 17.4 Å². The number of nitrogens with one attached hydrogen (secondary N) is 2. The minimum atomic E-state index is -0.684. The number of hydrogen-bond donors (Lipinski definition) is 2. The highest BCUT2D eigenvalue weighted by Gasteiger charge is 2.26. The van der Waals surface area contributed by atoms with E-state index in [1.165, 1.54) is 0 Å². The number of benzene rings is 2. The average molecular weight is 416 g/mol. The normalized spacial score (nSPS) is 10.5. The Morgan fingerprint density at radius 3 is 2.61 bits per heavy atom. The number of nitrogens with zero attached hydrogens (tertiary/aromatic N) is 4. The number of hydrogen-bond acceptors (Lipinski definition) is 8. The first-order chi connectivity index (χ1) is 15.0. The summed E-state index contributed by atoms with van der Waals surface area (Å²) >= 11 is 0. The van der Waals surface area contributed by atoms with Gasteiger partial charge in [0.05, 0.1) is 4.92 Å². The van der Waals surface area contributed by atoms with E-state index in [0.29, 0.717) is 16.8 Å². The van der Waals surface area contributed by atoms with Crippen LogP contribution in [0.15, 0.2) is 67.0 Å². The molecule has 0 unspecified atom stereocenters. The van der Waals surface area contributed by atoms with E-state index in [1.54, 1.807) is 42.5 Å². The molecule has 10 heteroatoms. The molecule has 2 N–H and O–H groups in total. The molecule has 0 saturated carbocycles. The molecule has 0 aliphatic rings. The van der Waals surface area contributed by atoms with Crippen molar-refractivity contribution in [3.8, 4) is 11.6 Å². The Hall–Kier alpha value is -4.60. The molecule has 31 heavy (non-hydrogen) atoms. The van der Waals surface area contributed by atoms with Crippen LogP contribution >= 0.6 is 0 Å². The molecule has 0 spiro atoms. The van der Waals surface area contributed by atoms with Crippen LogP contribution in [0.5, 0.6) is 11.6 Å². The van der Waals surface area contributed by atoms with Gasteiger partial charge in [-0.25, -0.2) is 9.97 Å². The molecule has 0 saturated heterocycles. The number of ether oxygens (including phenoxy) is 1. The molecule has 0 aliphatic carbocycles. The maximum atomic E-state index is 12.2. The Morgan fingerprint density at radius 1 is 1.03 bits per heavy atom. The van der Waals surface area contributed by atoms with E-state index < -0.39 is 16.5 Å². The van der Waals surface area contributed by atoms with Crippen LogP contribution in [0.25, 0.3) is 10.9 Å². The second-order valence-electron chi connectivity index (χ2n) is 6.46. The van der Waals surface area contributed by atoms with E-state index in [9.17, 15) is 14.9 Å². The molecule has 0 bridgehead atoms. The SMILES string of the molecule is Cc1ccc2cccc(Oc3ncnc(NNC(=O)c4ccccc4)c3[N+](=O)[O-])c2n1. The second-order valence-corrected chi connectivity index (χ2v) is 6.46. The maximum absolute atomic E-state index is 12.2. The van der Waals surface area contributed by atoms with E-state index in [2.05, 4.69) is 25.8 Å². The molecule has 0 fully saturated rings. The Labute approximate surface area is 176 Å². The van der Waals surface area contributed by atoms with Gasteiger partial charge in [-0.1, -0.05) is 36.4 Å². The zero-order chi connectivity index (χ0) is 21.8. The van der Waals surface area contributed by atoms with Crippen molar-refractivity contribution in [2.75, 3.05) is 5.43 Å². The summed E-state index contributed by atoms with van der Waals surface area (Å²) in [6, 6.07) is 17.4. The van der Waals surface area contributed by atoms with Crippen LogP contribution in [0.1, 0.15) is 16.1 Å². The molecule has 0 atom stereocenters. The zero-order valence-electron chi connectivity index (χ0n) is 16.3. The predicted octanol–water partition coefficient (Wildman–Crippen LogP) is 3.79. The first-order valence-corrected chi connectivity index (χ1v) is 9.18. The molecule has 10 nitrogen and oxygen atoms in total. The second kappa shape index (κ2) is 8.41.